The molecule has 140 valence electrons. The molecule has 0 saturated heterocycles. The molecule has 2 atom stereocenters. The van der Waals surface area contributed by atoms with Gasteiger partial charge in [-0.1, -0.05) is 12.5 Å². The van der Waals surface area contributed by atoms with Crippen LogP contribution in [0.5, 0.6) is 0 Å². The normalized spacial score (nSPS) is 19.9. The second-order valence-corrected chi connectivity index (χ2v) is 8.03. The lowest BCUT2D eigenvalue weighted by atomic mass is 9.78. The van der Waals surface area contributed by atoms with E-state index in [1.165, 1.54) is 0 Å². The number of halogens is 1. The zero-order valence-corrected chi connectivity index (χ0v) is 16.8. The first-order valence-electron chi connectivity index (χ1n) is 9.29. The number of carbonyl (C=O) groups excluding carboxylic acids is 1. The average molecular weight is 428 g/mol. The van der Waals surface area contributed by atoms with Crippen LogP contribution >= 0.6 is 15.9 Å². The molecule has 7 heteroatoms. The van der Waals surface area contributed by atoms with Crippen LogP contribution in [0.25, 0.3) is 5.65 Å². The highest BCUT2D eigenvalue weighted by molar-refractivity contribution is 9.10. The van der Waals surface area contributed by atoms with E-state index in [2.05, 4.69) is 37.4 Å². The van der Waals surface area contributed by atoms with Gasteiger partial charge in [0.15, 0.2) is 5.65 Å². The fraction of sp³-hybridized carbons (Fsp3) is 0.400. The van der Waals surface area contributed by atoms with Gasteiger partial charge in [-0.3, -0.25) is 9.78 Å². The highest BCUT2D eigenvalue weighted by Crippen LogP contribution is 2.37. The van der Waals surface area contributed by atoms with Gasteiger partial charge >= 0.3 is 0 Å². The van der Waals surface area contributed by atoms with Gasteiger partial charge in [0.05, 0.1) is 10.7 Å². The van der Waals surface area contributed by atoms with E-state index in [0.717, 1.165) is 52.9 Å². The molecule has 4 rings (SSSR count). The van der Waals surface area contributed by atoms with Gasteiger partial charge in [0.25, 0.3) is 0 Å². The number of anilines is 1. The summed E-state index contributed by atoms with van der Waals surface area (Å²) in [6.45, 7) is 2.36. The summed E-state index contributed by atoms with van der Waals surface area (Å²) in [5.41, 5.74) is 2.93. The minimum atomic E-state index is 0.155. The number of hydrogen-bond acceptors (Lipinski definition) is 5. The first-order valence-corrected chi connectivity index (χ1v) is 10.1. The Hall–Kier alpha value is -2.28. The Bertz CT molecular complexity index is 956. The summed E-state index contributed by atoms with van der Waals surface area (Å²) in [6, 6.07) is 6.05. The lowest BCUT2D eigenvalue weighted by Gasteiger charge is -2.27. The highest BCUT2D eigenvalue weighted by atomic mass is 79.9. The number of nitrogens with zero attached hydrogens (tertiary/aromatic N) is 4. The van der Waals surface area contributed by atoms with Gasteiger partial charge in [-0.25, -0.2) is 4.98 Å². The summed E-state index contributed by atoms with van der Waals surface area (Å²) in [7, 11) is 0. The first kappa shape index (κ1) is 18.1. The summed E-state index contributed by atoms with van der Waals surface area (Å²) in [6.07, 6.45) is 9.40. The number of fused-ring (bicyclic) bond motifs is 1. The number of rotatable bonds is 5. The topological polar surface area (TPSA) is 72.2 Å². The van der Waals surface area contributed by atoms with Crippen molar-refractivity contribution in [1.82, 2.24) is 19.6 Å². The molecule has 3 heterocycles. The minimum absolute atomic E-state index is 0.155. The van der Waals surface area contributed by atoms with Crippen molar-refractivity contribution in [3.05, 3.63) is 52.5 Å². The van der Waals surface area contributed by atoms with Crippen LogP contribution in [-0.4, -0.2) is 25.4 Å². The monoisotopic (exact) mass is 427 g/mol. The molecule has 1 N–H and O–H groups in total. The van der Waals surface area contributed by atoms with Crippen LogP contribution < -0.4 is 5.32 Å². The molecule has 0 bridgehead atoms. The van der Waals surface area contributed by atoms with E-state index in [-0.39, 0.29) is 5.92 Å². The Kier molecular flexibility index (Phi) is 5.20. The van der Waals surface area contributed by atoms with E-state index in [1.807, 2.05) is 22.8 Å². The van der Waals surface area contributed by atoms with Crippen molar-refractivity contribution < 1.29 is 4.79 Å². The smallest absolute Gasteiger partial charge is 0.171 e. The van der Waals surface area contributed by atoms with Crippen molar-refractivity contribution in [3.8, 4) is 0 Å². The number of carbonyl (C=O) groups is 1. The van der Waals surface area contributed by atoms with Crippen LogP contribution in [0.2, 0.25) is 0 Å². The lowest BCUT2D eigenvalue weighted by Crippen LogP contribution is -2.21. The van der Waals surface area contributed by atoms with E-state index in [0.29, 0.717) is 18.2 Å². The molecule has 0 spiro atoms. The summed E-state index contributed by atoms with van der Waals surface area (Å²) < 4.78 is 2.68. The maximum atomic E-state index is 11.9. The van der Waals surface area contributed by atoms with Crippen molar-refractivity contribution in [2.24, 2.45) is 5.92 Å². The largest absolute Gasteiger partial charge is 0.366 e. The predicted molar refractivity (Wildman–Crippen MR) is 108 cm³/mol. The van der Waals surface area contributed by atoms with Crippen molar-refractivity contribution >= 4 is 33.2 Å². The molecular formula is C20H22BrN5O. The molecule has 0 amide bonds. The molecule has 1 aliphatic rings. The number of aromatic nitrogens is 4. The summed E-state index contributed by atoms with van der Waals surface area (Å²) >= 11 is 3.55. The average Bonchev–Trinajstić information content (AvgIpc) is 3.08. The van der Waals surface area contributed by atoms with Crippen molar-refractivity contribution in [2.45, 2.75) is 45.1 Å². The molecule has 3 aromatic heterocycles. The highest BCUT2D eigenvalue weighted by Gasteiger charge is 2.27. The van der Waals surface area contributed by atoms with Crippen LogP contribution in [0.3, 0.4) is 0 Å². The number of pyridine rings is 1. The molecule has 0 aliphatic heterocycles. The Morgan fingerprint density at radius 3 is 3.04 bits per heavy atom. The molecule has 3 aromatic rings. The van der Waals surface area contributed by atoms with Crippen LogP contribution in [0.4, 0.5) is 5.82 Å². The van der Waals surface area contributed by atoms with Gasteiger partial charge in [0, 0.05) is 42.5 Å². The van der Waals surface area contributed by atoms with E-state index in [9.17, 15) is 4.79 Å². The number of hydrogen-bond donors (Lipinski definition) is 1. The van der Waals surface area contributed by atoms with Gasteiger partial charge in [0.1, 0.15) is 11.6 Å². The Labute approximate surface area is 166 Å². The third-order valence-electron chi connectivity index (χ3n) is 5.31. The van der Waals surface area contributed by atoms with Gasteiger partial charge in [0.2, 0.25) is 0 Å². The Balaban J connectivity index is 1.65. The molecule has 27 heavy (non-hydrogen) atoms. The second kappa shape index (κ2) is 7.76. The summed E-state index contributed by atoms with van der Waals surface area (Å²) in [4.78, 5) is 20.9. The molecular weight excluding hydrogens is 406 g/mol. The summed E-state index contributed by atoms with van der Waals surface area (Å²) in [5.74, 6) is 1.65. The van der Waals surface area contributed by atoms with Crippen LogP contribution in [0, 0.1) is 5.92 Å². The van der Waals surface area contributed by atoms with E-state index < -0.39 is 0 Å². The van der Waals surface area contributed by atoms with Gasteiger partial charge in [-0.05, 0) is 53.7 Å². The minimum Gasteiger partial charge on any atom is -0.366 e. The van der Waals surface area contributed by atoms with Crippen LogP contribution in [0.15, 0.2) is 41.3 Å². The third-order valence-corrected chi connectivity index (χ3v) is 5.87. The van der Waals surface area contributed by atoms with Gasteiger partial charge < -0.3 is 5.32 Å². The summed E-state index contributed by atoms with van der Waals surface area (Å²) in [5, 5.41) is 7.90. The molecule has 2 unspecified atom stereocenters. The van der Waals surface area contributed by atoms with Crippen molar-refractivity contribution in [1.29, 1.82) is 0 Å². The van der Waals surface area contributed by atoms with Crippen LogP contribution in [0.1, 0.15) is 49.8 Å². The molecule has 6 nitrogen and oxygen atoms in total. The molecule has 0 aromatic carbocycles. The van der Waals surface area contributed by atoms with Crippen molar-refractivity contribution in [2.75, 3.05) is 5.32 Å². The zero-order valence-electron chi connectivity index (χ0n) is 15.2. The lowest BCUT2D eigenvalue weighted by molar-refractivity contribution is -0.121. The van der Waals surface area contributed by atoms with E-state index >= 15 is 0 Å². The number of ketones is 1. The van der Waals surface area contributed by atoms with Crippen molar-refractivity contribution in [3.63, 3.8) is 0 Å². The first-order chi connectivity index (χ1) is 13.1. The zero-order chi connectivity index (χ0) is 18.8. The van der Waals surface area contributed by atoms with Crippen LogP contribution in [-0.2, 0) is 11.3 Å². The number of Topliss-reactive ketones (excluding diaryl/α,β-unsaturated/α-hetero) is 1. The number of nitrogens with one attached hydrogen (secondary N) is 1. The Morgan fingerprint density at radius 2 is 2.26 bits per heavy atom. The SMILES string of the molecule is CC(=O)C1CCCC(c2cc(NCc3cccnc3)n3ncc(Br)c3n2)C1. The van der Waals surface area contributed by atoms with E-state index in [1.54, 1.807) is 19.3 Å². The second-order valence-electron chi connectivity index (χ2n) is 7.18. The maximum Gasteiger partial charge on any atom is 0.171 e. The quantitative estimate of drug-likeness (QED) is 0.654. The molecule has 0 radical (unpaired) electrons. The van der Waals surface area contributed by atoms with Gasteiger partial charge in [-0.15, -0.1) is 0 Å². The third kappa shape index (κ3) is 3.88. The Morgan fingerprint density at radius 1 is 1.37 bits per heavy atom. The fourth-order valence-electron chi connectivity index (χ4n) is 3.81. The molecule has 1 aliphatic carbocycles. The molecule has 1 fully saturated rings. The maximum absolute atomic E-state index is 11.9. The van der Waals surface area contributed by atoms with Gasteiger partial charge in [-0.2, -0.15) is 9.61 Å². The molecule has 1 saturated carbocycles. The standard InChI is InChI=1S/C20H22BrN5O/c1-13(27)15-5-2-6-16(8-15)18-9-19(23-11-14-4-3-7-22-10-14)26-20(25-18)17(21)12-24-26/h3-4,7,9-10,12,15-16,23H,2,5-6,8,11H2,1H3. The van der Waals surface area contributed by atoms with E-state index in [4.69, 9.17) is 4.98 Å². The predicted octanol–water partition coefficient (Wildman–Crippen LogP) is 4.36. The fourth-order valence-corrected chi connectivity index (χ4v) is 4.16.